The number of nitrogens with zero attached hydrogens (tertiary/aromatic N) is 4. The quantitative estimate of drug-likeness (QED) is 0.693. The fourth-order valence-corrected chi connectivity index (χ4v) is 3.66. The second-order valence-corrected chi connectivity index (χ2v) is 7.15. The van der Waals surface area contributed by atoms with Gasteiger partial charge in [0.05, 0.1) is 5.69 Å². The number of likely N-dealkylation sites (N-methyl/N-ethyl adjacent to an activating group) is 1. The van der Waals surface area contributed by atoms with E-state index >= 15 is 4.39 Å². The van der Waals surface area contributed by atoms with Gasteiger partial charge >= 0.3 is 0 Å². The van der Waals surface area contributed by atoms with Crippen molar-refractivity contribution in [1.29, 1.82) is 0 Å². The highest BCUT2D eigenvalue weighted by atomic mass is 19.3. The summed E-state index contributed by atoms with van der Waals surface area (Å²) in [6, 6.07) is 9.94. The molecule has 1 unspecified atom stereocenters. The van der Waals surface area contributed by atoms with Crippen molar-refractivity contribution < 1.29 is 18.0 Å². The number of carbonyl (C=O) groups is 1. The first-order valence-electron chi connectivity index (χ1n) is 9.35. The standard InChI is InChI=1S/C22H18F3N5O/c1-12-15(4-3-8-27-12)13-5-6-17(23)16(10-13)22(20(31)30(2)21(26)29-22)18-11-14(19(24)25)7-9-28-18/h3-11,19H,1-2H3,(H2,26,29). The zero-order chi connectivity index (χ0) is 22.3. The van der Waals surface area contributed by atoms with Gasteiger partial charge in [-0.3, -0.25) is 19.7 Å². The van der Waals surface area contributed by atoms with Crippen molar-refractivity contribution >= 4 is 11.9 Å². The Labute approximate surface area is 176 Å². The molecule has 0 radical (unpaired) electrons. The van der Waals surface area contributed by atoms with Crippen LogP contribution in [0.15, 0.2) is 59.9 Å². The average molecular weight is 425 g/mol. The van der Waals surface area contributed by atoms with Crippen LogP contribution in [0.4, 0.5) is 13.2 Å². The van der Waals surface area contributed by atoms with Gasteiger partial charge in [0.15, 0.2) is 5.96 Å². The Kier molecular flexibility index (Phi) is 4.96. The molecule has 1 aliphatic heterocycles. The van der Waals surface area contributed by atoms with Crippen LogP contribution in [0.1, 0.15) is 28.9 Å². The van der Waals surface area contributed by atoms with Crippen LogP contribution in [0.5, 0.6) is 0 Å². The highest BCUT2D eigenvalue weighted by molar-refractivity contribution is 6.08. The molecule has 0 aliphatic carbocycles. The van der Waals surface area contributed by atoms with E-state index in [-0.39, 0.29) is 22.8 Å². The van der Waals surface area contributed by atoms with Crippen molar-refractivity contribution in [2.45, 2.75) is 18.9 Å². The third-order valence-electron chi connectivity index (χ3n) is 5.32. The summed E-state index contributed by atoms with van der Waals surface area (Å²) in [6.45, 7) is 1.80. The van der Waals surface area contributed by atoms with E-state index in [1.54, 1.807) is 25.3 Å². The number of hydrogen-bond donors (Lipinski definition) is 1. The second kappa shape index (κ2) is 7.50. The van der Waals surface area contributed by atoms with Crippen molar-refractivity contribution in [2.24, 2.45) is 10.7 Å². The molecule has 6 nitrogen and oxygen atoms in total. The van der Waals surface area contributed by atoms with E-state index in [0.717, 1.165) is 28.8 Å². The molecule has 1 aliphatic rings. The summed E-state index contributed by atoms with van der Waals surface area (Å²) in [6.07, 6.45) is -0.0305. The molecular formula is C22H18F3N5O. The van der Waals surface area contributed by atoms with E-state index in [9.17, 15) is 13.6 Å². The van der Waals surface area contributed by atoms with Gasteiger partial charge in [-0.15, -0.1) is 0 Å². The maximum absolute atomic E-state index is 15.2. The molecule has 0 spiro atoms. The van der Waals surface area contributed by atoms with Crippen LogP contribution >= 0.6 is 0 Å². The number of hydrogen-bond acceptors (Lipinski definition) is 5. The summed E-state index contributed by atoms with van der Waals surface area (Å²) < 4.78 is 41.9. The van der Waals surface area contributed by atoms with E-state index < -0.39 is 23.7 Å². The normalized spacial score (nSPS) is 18.6. The number of aryl methyl sites for hydroxylation is 1. The van der Waals surface area contributed by atoms with Gasteiger partial charge in [-0.1, -0.05) is 12.1 Å². The molecule has 3 heterocycles. The molecule has 0 fully saturated rings. The van der Waals surface area contributed by atoms with Gasteiger partial charge in [0, 0.05) is 41.8 Å². The van der Waals surface area contributed by atoms with Crippen LogP contribution < -0.4 is 5.73 Å². The number of aromatic nitrogens is 2. The first-order valence-corrected chi connectivity index (χ1v) is 9.35. The van der Waals surface area contributed by atoms with E-state index in [0.29, 0.717) is 11.3 Å². The molecule has 31 heavy (non-hydrogen) atoms. The summed E-state index contributed by atoms with van der Waals surface area (Å²) >= 11 is 0. The number of rotatable bonds is 4. The van der Waals surface area contributed by atoms with Crippen LogP contribution in [-0.4, -0.2) is 33.8 Å². The van der Waals surface area contributed by atoms with Gasteiger partial charge in [-0.25, -0.2) is 18.2 Å². The number of carbonyl (C=O) groups excluding carboxylic acids is 1. The zero-order valence-corrected chi connectivity index (χ0v) is 16.7. The predicted molar refractivity (Wildman–Crippen MR) is 109 cm³/mol. The lowest BCUT2D eigenvalue weighted by molar-refractivity contribution is -0.129. The minimum Gasteiger partial charge on any atom is -0.369 e. The number of alkyl halides is 2. The number of benzene rings is 1. The lowest BCUT2D eigenvalue weighted by Crippen LogP contribution is -2.42. The Morgan fingerprint density at radius 1 is 1.10 bits per heavy atom. The fourth-order valence-electron chi connectivity index (χ4n) is 3.66. The third kappa shape index (κ3) is 3.22. The van der Waals surface area contributed by atoms with Crippen molar-refractivity contribution in [2.75, 3.05) is 7.05 Å². The van der Waals surface area contributed by atoms with E-state index in [1.807, 2.05) is 6.07 Å². The number of guanidine groups is 1. The molecule has 2 aromatic heterocycles. The molecule has 1 amide bonds. The molecule has 1 atom stereocenters. The molecular weight excluding hydrogens is 407 g/mol. The zero-order valence-electron chi connectivity index (χ0n) is 16.7. The Hall–Kier alpha value is -3.75. The lowest BCUT2D eigenvalue weighted by atomic mass is 9.83. The van der Waals surface area contributed by atoms with Gasteiger partial charge in [-0.05, 0) is 42.8 Å². The molecule has 0 saturated heterocycles. The second-order valence-electron chi connectivity index (χ2n) is 7.15. The summed E-state index contributed by atoms with van der Waals surface area (Å²) in [4.78, 5) is 27.0. The lowest BCUT2D eigenvalue weighted by Gasteiger charge is -2.26. The molecule has 0 bridgehead atoms. The maximum Gasteiger partial charge on any atom is 0.268 e. The van der Waals surface area contributed by atoms with Gasteiger partial charge in [0.25, 0.3) is 12.3 Å². The molecule has 158 valence electrons. The molecule has 9 heteroatoms. The van der Waals surface area contributed by atoms with Crippen molar-refractivity contribution in [3.63, 3.8) is 0 Å². The number of aliphatic imine (C=N–C) groups is 1. The average Bonchev–Trinajstić information content (AvgIpc) is 2.99. The van der Waals surface area contributed by atoms with Gasteiger partial charge in [-0.2, -0.15) is 0 Å². The van der Waals surface area contributed by atoms with Crippen molar-refractivity contribution in [3.05, 3.63) is 83.2 Å². The summed E-state index contributed by atoms with van der Waals surface area (Å²) in [5, 5.41) is 0. The Balaban J connectivity index is 2.01. The predicted octanol–water partition coefficient (Wildman–Crippen LogP) is 3.56. The minimum atomic E-state index is -2.80. The first-order chi connectivity index (χ1) is 14.8. The smallest absolute Gasteiger partial charge is 0.268 e. The Morgan fingerprint density at radius 2 is 1.87 bits per heavy atom. The topological polar surface area (TPSA) is 84.5 Å². The number of nitrogens with two attached hydrogens (primary N) is 1. The summed E-state index contributed by atoms with van der Waals surface area (Å²) in [5.41, 5.74) is 5.24. The molecule has 3 aromatic rings. The number of pyridine rings is 2. The first kappa shape index (κ1) is 20.5. The maximum atomic E-state index is 15.2. The molecule has 0 saturated carbocycles. The molecule has 1 aromatic carbocycles. The van der Waals surface area contributed by atoms with Crippen molar-refractivity contribution in [3.8, 4) is 11.1 Å². The Bertz CT molecular complexity index is 1210. The van der Waals surface area contributed by atoms with Crippen molar-refractivity contribution in [1.82, 2.24) is 14.9 Å². The van der Waals surface area contributed by atoms with Gasteiger partial charge < -0.3 is 5.73 Å². The van der Waals surface area contributed by atoms with Gasteiger partial charge in [0.1, 0.15) is 5.82 Å². The Morgan fingerprint density at radius 3 is 2.52 bits per heavy atom. The van der Waals surface area contributed by atoms with Gasteiger partial charge in [0.2, 0.25) is 5.54 Å². The summed E-state index contributed by atoms with van der Waals surface area (Å²) in [5.74, 6) is -1.60. The van der Waals surface area contributed by atoms with Crippen LogP contribution in [0.25, 0.3) is 11.1 Å². The van der Waals surface area contributed by atoms with E-state index in [1.165, 1.54) is 19.2 Å². The molecule has 4 rings (SSSR count). The highest BCUT2D eigenvalue weighted by Crippen LogP contribution is 2.41. The monoisotopic (exact) mass is 425 g/mol. The minimum absolute atomic E-state index is 0.135. The van der Waals surface area contributed by atoms with Crippen LogP contribution in [-0.2, 0) is 10.3 Å². The van der Waals surface area contributed by atoms with Crippen LogP contribution in [0.2, 0.25) is 0 Å². The number of halogens is 3. The summed E-state index contributed by atoms with van der Waals surface area (Å²) in [7, 11) is 1.38. The fraction of sp³-hybridized carbons (Fsp3) is 0.182. The SMILES string of the molecule is Cc1ncccc1-c1ccc(F)c(C2(c3cc(C(F)F)ccn3)N=C(N)N(C)C2=O)c1. The van der Waals surface area contributed by atoms with E-state index in [2.05, 4.69) is 15.0 Å². The number of amides is 1. The van der Waals surface area contributed by atoms with E-state index in [4.69, 9.17) is 5.73 Å². The molecule has 2 N–H and O–H groups in total. The van der Waals surface area contributed by atoms with Crippen LogP contribution in [0, 0.1) is 12.7 Å². The largest absolute Gasteiger partial charge is 0.369 e. The van der Waals surface area contributed by atoms with Crippen LogP contribution in [0.3, 0.4) is 0 Å². The highest BCUT2D eigenvalue weighted by Gasteiger charge is 2.52. The third-order valence-corrected chi connectivity index (χ3v) is 5.32.